The van der Waals surface area contributed by atoms with Crippen molar-refractivity contribution in [3.05, 3.63) is 59.0 Å². The molecule has 0 bridgehead atoms. The van der Waals surface area contributed by atoms with E-state index in [1.54, 1.807) is 31.8 Å². The highest BCUT2D eigenvalue weighted by Crippen LogP contribution is 2.30. The van der Waals surface area contributed by atoms with Crippen molar-refractivity contribution >= 4 is 22.7 Å². The van der Waals surface area contributed by atoms with Crippen molar-refractivity contribution in [2.75, 3.05) is 19.6 Å². The zero-order valence-electron chi connectivity index (χ0n) is 14.3. The van der Waals surface area contributed by atoms with Crippen LogP contribution in [0.1, 0.15) is 10.4 Å². The zero-order chi connectivity index (χ0) is 17.6. The fourth-order valence-corrected chi connectivity index (χ4v) is 3.19. The quantitative estimate of drug-likeness (QED) is 0.520. The van der Waals surface area contributed by atoms with Crippen LogP contribution in [0.15, 0.2) is 53.6 Å². The van der Waals surface area contributed by atoms with Crippen LogP contribution in [0.4, 0.5) is 5.13 Å². The number of hydrogen-bond donors (Lipinski definition) is 1. The molecule has 0 saturated carbocycles. The summed E-state index contributed by atoms with van der Waals surface area (Å²) in [4.78, 5) is 5.77. The second-order valence-corrected chi connectivity index (χ2v) is 6.47. The number of aromatic nitrogens is 1. The third kappa shape index (κ3) is 3.97. The molecule has 6 heteroatoms. The van der Waals surface area contributed by atoms with Gasteiger partial charge in [-0.1, -0.05) is 30.3 Å². The van der Waals surface area contributed by atoms with Crippen LogP contribution < -0.4 is 14.9 Å². The summed E-state index contributed by atoms with van der Waals surface area (Å²) in [5, 5.41) is 5.03. The lowest BCUT2D eigenvalue weighted by Crippen LogP contribution is -1.95. The number of benzene rings is 2. The number of rotatable bonds is 6. The summed E-state index contributed by atoms with van der Waals surface area (Å²) in [5.41, 5.74) is 5.89. The molecular weight excluding hydrogens is 334 g/mol. The molecule has 1 N–H and O–H groups in total. The maximum absolute atomic E-state index is 5.34. The van der Waals surface area contributed by atoms with Gasteiger partial charge < -0.3 is 9.47 Å². The van der Waals surface area contributed by atoms with Crippen LogP contribution in [-0.2, 0) is 0 Å². The summed E-state index contributed by atoms with van der Waals surface area (Å²) < 4.78 is 10.6. The Labute approximate surface area is 151 Å². The Balaban J connectivity index is 1.77. The Morgan fingerprint density at radius 3 is 2.60 bits per heavy atom. The molecule has 0 atom stereocenters. The minimum Gasteiger partial charge on any atom is -0.497 e. The highest BCUT2D eigenvalue weighted by molar-refractivity contribution is 7.15. The fraction of sp³-hybridized carbons (Fsp3) is 0.158. The molecule has 25 heavy (non-hydrogen) atoms. The van der Waals surface area contributed by atoms with Gasteiger partial charge >= 0.3 is 0 Å². The lowest BCUT2D eigenvalue weighted by Gasteiger charge is -2.06. The van der Waals surface area contributed by atoms with E-state index < -0.39 is 0 Å². The van der Waals surface area contributed by atoms with E-state index in [2.05, 4.69) is 34.6 Å². The molecule has 0 fully saturated rings. The van der Waals surface area contributed by atoms with Crippen molar-refractivity contribution in [1.29, 1.82) is 0 Å². The largest absolute Gasteiger partial charge is 0.497 e. The Bertz CT molecular complexity index is 876. The van der Waals surface area contributed by atoms with Gasteiger partial charge in [-0.3, -0.25) is 5.43 Å². The van der Waals surface area contributed by atoms with E-state index in [0.29, 0.717) is 0 Å². The Kier molecular flexibility index (Phi) is 5.30. The number of hydrogen-bond acceptors (Lipinski definition) is 6. The molecule has 0 aliphatic rings. The summed E-state index contributed by atoms with van der Waals surface area (Å²) in [6, 6.07) is 15.7. The molecule has 0 spiro atoms. The molecule has 0 amide bonds. The fourth-order valence-electron chi connectivity index (χ4n) is 2.41. The molecule has 1 aromatic heterocycles. The number of aryl methyl sites for hydroxylation is 1. The molecule has 3 rings (SSSR count). The van der Waals surface area contributed by atoms with Gasteiger partial charge in [0.25, 0.3) is 0 Å². The Morgan fingerprint density at radius 2 is 1.88 bits per heavy atom. The second kappa shape index (κ2) is 7.81. The van der Waals surface area contributed by atoms with Crippen molar-refractivity contribution in [3.8, 4) is 22.8 Å². The number of methoxy groups -OCH3 is 2. The minimum atomic E-state index is 0.728. The number of anilines is 1. The topological polar surface area (TPSA) is 55.7 Å². The minimum absolute atomic E-state index is 0.728. The highest BCUT2D eigenvalue weighted by Gasteiger charge is 2.09. The molecule has 0 saturated heterocycles. The van der Waals surface area contributed by atoms with E-state index in [1.807, 2.05) is 36.4 Å². The molecule has 1 heterocycles. The summed E-state index contributed by atoms with van der Waals surface area (Å²) in [6.45, 7) is 2.06. The Hall–Kier alpha value is -2.86. The molecule has 0 aliphatic heterocycles. The van der Waals surface area contributed by atoms with Gasteiger partial charge in [-0.25, -0.2) is 4.98 Å². The predicted octanol–water partition coefficient (Wildman–Crippen LogP) is 4.58. The van der Waals surface area contributed by atoms with Crippen LogP contribution in [0.25, 0.3) is 11.3 Å². The van der Waals surface area contributed by atoms with Crippen molar-refractivity contribution in [3.63, 3.8) is 0 Å². The first kappa shape index (κ1) is 17.0. The molecule has 5 nitrogen and oxygen atoms in total. The van der Waals surface area contributed by atoms with Gasteiger partial charge in [-0.15, -0.1) is 11.3 Å². The van der Waals surface area contributed by atoms with Gasteiger partial charge in [-0.05, 0) is 25.1 Å². The summed E-state index contributed by atoms with van der Waals surface area (Å²) in [5.74, 6) is 1.48. The van der Waals surface area contributed by atoms with Gasteiger partial charge in [0.05, 0.1) is 26.1 Å². The van der Waals surface area contributed by atoms with Gasteiger partial charge in [0.1, 0.15) is 11.5 Å². The van der Waals surface area contributed by atoms with E-state index in [4.69, 9.17) is 9.47 Å². The summed E-state index contributed by atoms with van der Waals surface area (Å²) in [6.07, 6.45) is 1.69. The van der Waals surface area contributed by atoms with Crippen molar-refractivity contribution in [2.24, 2.45) is 5.10 Å². The monoisotopic (exact) mass is 353 g/mol. The van der Waals surface area contributed by atoms with Gasteiger partial charge in [0.15, 0.2) is 0 Å². The van der Waals surface area contributed by atoms with E-state index in [-0.39, 0.29) is 0 Å². The van der Waals surface area contributed by atoms with Crippen LogP contribution in [0.5, 0.6) is 11.5 Å². The normalized spacial score (nSPS) is 10.8. The average Bonchev–Trinajstić information content (AvgIpc) is 3.03. The number of ether oxygens (including phenoxy) is 2. The second-order valence-electron chi connectivity index (χ2n) is 5.27. The van der Waals surface area contributed by atoms with Gasteiger partial charge in [0, 0.05) is 16.0 Å². The maximum atomic E-state index is 5.34. The van der Waals surface area contributed by atoms with E-state index >= 15 is 0 Å². The van der Waals surface area contributed by atoms with Gasteiger partial charge in [-0.2, -0.15) is 5.10 Å². The number of nitrogens with one attached hydrogen (secondary N) is 1. The summed E-state index contributed by atoms with van der Waals surface area (Å²) >= 11 is 1.57. The average molecular weight is 353 g/mol. The van der Waals surface area contributed by atoms with E-state index in [1.165, 1.54) is 0 Å². The molecule has 0 radical (unpaired) electrons. The molecule has 2 aromatic carbocycles. The standard InChI is InChI=1S/C19H19N3O2S/c1-13-18(14-7-5-4-6-8-14)21-19(25-13)22-20-12-15-11-16(23-2)9-10-17(15)24-3/h4-12H,1-3H3,(H,21,22)/b20-12+. The molecule has 128 valence electrons. The predicted molar refractivity (Wildman–Crippen MR) is 103 cm³/mol. The van der Waals surface area contributed by atoms with E-state index in [9.17, 15) is 0 Å². The van der Waals surface area contributed by atoms with Crippen LogP contribution in [0, 0.1) is 6.92 Å². The third-order valence-corrected chi connectivity index (χ3v) is 4.52. The van der Waals surface area contributed by atoms with Crippen LogP contribution in [-0.4, -0.2) is 25.4 Å². The number of nitrogens with zero attached hydrogens (tertiary/aromatic N) is 2. The van der Waals surface area contributed by atoms with Crippen LogP contribution >= 0.6 is 11.3 Å². The third-order valence-electron chi connectivity index (χ3n) is 3.64. The Morgan fingerprint density at radius 1 is 1.08 bits per heavy atom. The first-order valence-electron chi connectivity index (χ1n) is 7.75. The molecule has 3 aromatic rings. The lowest BCUT2D eigenvalue weighted by atomic mass is 10.1. The van der Waals surface area contributed by atoms with Crippen LogP contribution in [0.3, 0.4) is 0 Å². The zero-order valence-corrected chi connectivity index (χ0v) is 15.1. The van der Waals surface area contributed by atoms with Crippen LogP contribution in [0.2, 0.25) is 0 Å². The maximum Gasteiger partial charge on any atom is 0.204 e. The smallest absolute Gasteiger partial charge is 0.204 e. The first-order chi connectivity index (χ1) is 12.2. The van der Waals surface area contributed by atoms with E-state index in [0.717, 1.165) is 38.3 Å². The molecular formula is C19H19N3O2S. The van der Waals surface area contributed by atoms with Crippen molar-refractivity contribution in [1.82, 2.24) is 4.98 Å². The van der Waals surface area contributed by atoms with Crippen molar-refractivity contribution < 1.29 is 9.47 Å². The molecule has 0 unspecified atom stereocenters. The highest BCUT2D eigenvalue weighted by atomic mass is 32.1. The summed E-state index contributed by atoms with van der Waals surface area (Å²) in [7, 11) is 3.26. The lowest BCUT2D eigenvalue weighted by molar-refractivity contribution is 0.402. The van der Waals surface area contributed by atoms with Crippen molar-refractivity contribution in [2.45, 2.75) is 6.92 Å². The number of hydrazone groups is 1. The number of thiazole rings is 1. The van der Waals surface area contributed by atoms with Gasteiger partial charge in [0.2, 0.25) is 5.13 Å². The molecule has 0 aliphatic carbocycles. The SMILES string of the molecule is COc1ccc(OC)c(/C=N/Nc2nc(-c3ccccc3)c(C)s2)c1. The first-order valence-corrected chi connectivity index (χ1v) is 8.57.